The lowest BCUT2D eigenvalue weighted by molar-refractivity contribution is -0.122. The topological polar surface area (TPSA) is 56.8 Å². The van der Waals surface area contributed by atoms with Crippen molar-refractivity contribution in [2.24, 2.45) is 0 Å². The predicted octanol–water partition coefficient (Wildman–Crippen LogP) is 4.58. The molecular weight excluding hydrogens is 354 g/mol. The SMILES string of the molecule is COc1ccc(OCCCC(=O)NC2CC(C)(C)Oc3cc(C)ccc32)cc1. The number of nitrogens with one attached hydrogen (secondary N) is 1. The van der Waals surface area contributed by atoms with Crippen molar-refractivity contribution in [3.8, 4) is 17.2 Å². The van der Waals surface area contributed by atoms with Crippen molar-refractivity contribution in [1.82, 2.24) is 5.32 Å². The molecule has 0 saturated heterocycles. The Morgan fingerprint density at radius 2 is 1.89 bits per heavy atom. The van der Waals surface area contributed by atoms with E-state index in [9.17, 15) is 4.79 Å². The van der Waals surface area contributed by atoms with Crippen molar-refractivity contribution >= 4 is 5.91 Å². The first-order valence-electron chi connectivity index (χ1n) is 9.72. The van der Waals surface area contributed by atoms with E-state index < -0.39 is 0 Å². The highest BCUT2D eigenvalue weighted by Crippen LogP contribution is 2.39. The van der Waals surface area contributed by atoms with E-state index in [-0.39, 0.29) is 17.6 Å². The molecule has 0 aliphatic carbocycles. The number of methoxy groups -OCH3 is 1. The minimum Gasteiger partial charge on any atom is -0.497 e. The second-order valence-corrected chi connectivity index (χ2v) is 7.85. The van der Waals surface area contributed by atoms with Crippen molar-refractivity contribution in [2.45, 2.75) is 51.7 Å². The average molecular weight is 383 g/mol. The first kappa shape index (κ1) is 20.1. The molecule has 0 spiro atoms. The van der Waals surface area contributed by atoms with E-state index in [1.165, 1.54) is 0 Å². The van der Waals surface area contributed by atoms with Crippen molar-refractivity contribution in [1.29, 1.82) is 0 Å². The third-order valence-electron chi connectivity index (χ3n) is 4.84. The summed E-state index contributed by atoms with van der Waals surface area (Å²) >= 11 is 0. The van der Waals surface area contributed by atoms with Crippen molar-refractivity contribution in [2.75, 3.05) is 13.7 Å². The van der Waals surface area contributed by atoms with Crippen LogP contribution in [0.15, 0.2) is 42.5 Å². The molecule has 2 aromatic carbocycles. The lowest BCUT2D eigenvalue weighted by atomic mass is 9.89. The molecule has 0 bridgehead atoms. The van der Waals surface area contributed by atoms with Gasteiger partial charge in [0.05, 0.1) is 19.8 Å². The maximum absolute atomic E-state index is 12.5. The van der Waals surface area contributed by atoms with Crippen LogP contribution in [-0.4, -0.2) is 25.2 Å². The molecule has 0 aromatic heterocycles. The van der Waals surface area contributed by atoms with Gasteiger partial charge >= 0.3 is 0 Å². The number of benzene rings is 2. The van der Waals surface area contributed by atoms with E-state index >= 15 is 0 Å². The van der Waals surface area contributed by atoms with Crippen LogP contribution >= 0.6 is 0 Å². The Balaban J connectivity index is 1.50. The summed E-state index contributed by atoms with van der Waals surface area (Å²) < 4.78 is 16.9. The van der Waals surface area contributed by atoms with Gasteiger partial charge in [0.1, 0.15) is 22.8 Å². The van der Waals surface area contributed by atoms with Gasteiger partial charge in [0.25, 0.3) is 0 Å². The molecule has 150 valence electrons. The number of hydrogen-bond acceptors (Lipinski definition) is 4. The molecule has 0 radical (unpaired) electrons. The molecule has 1 N–H and O–H groups in total. The zero-order valence-electron chi connectivity index (χ0n) is 17.1. The Hall–Kier alpha value is -2.69. The van der Waals surface area contributed by atoms with Crippen LogP contribution in [0.4, 0.5) is 0 Å². The fourth-order valence-electron chi connectivity index (χ4n) is 3.45. The Morgan fingerprint density at radius 1 is 1.18 bits per heavy atom. The molecule has 1 unspecified atom stereocenters. The van der Waals surface area contributed by atoms with Crippen LogP contribution in [0.25, 0.3) is 0 Å². The number of hydrogen-bond donors (Lipinski definition) is 1. The molecule has 0 saturated carbocycles. The van der Waals surface area contributed by atoms with Crippen LogP contribution < -0.4 is 19.5 Å². The van der Waals surface area contributed by atoms with E-state index in [0.29, 0.717) is 19.4 Å². The van der Waals surface area contributed by atoms with Crippen molar-refractivity contribution in [3.05, 3.63) is 53.6 Å². The molecule has 28 heavy (non-hydrogen) atoms. The summed E-state index contributed by atoms with van der Waals surface area (Å²) in [5, 5.41) is 3.17. The fourth-order valence-corrected chi connectivity index (χ4v) is 3.45. The number of rotatable bonds is 7. The van der Waals surface area contributed by atoms with Crippen LogP contribution in [0.3, 0.4) is 0 Å². The van der Waals surface area contributed by atoms with Crippen LogP contribution in [0.5, 0.6) is 17.2 Å². The number of ether oxygens (including phenoxy) is 3. The fraction of sp³-hybridized carbons (Fsp3) is 0.435. The van der Waals surface area contributed by atoms with Gasteiger partial charge < -0.3 is 19.5 Å². The predicted molar refractivity (Wildman–Crippen MR) is 109 cm³/mol. The second-order valence-electron chi connectivity index (χ2n) is 7.85. The van der Waals surface area contributed by atoms with Gasteiger partial charge in [0.2, 0.25) is 5.91 Å². The van der Waals surface area contributed by atoms with Gasteiger partial charge in [0, 0.05) is 18.4 Å². The third-order valence-corrected chi connectivity index (χ3v) is 4.84. The normalized spacial score (nSPS) is 17.2. The summed E-state index contributed by atoms with van der Waals surface area (Å²) in [6.45, 7) is 6.65. The lowest BCUT2D eigenvalue weighted by Crippen LogP contribution is -2.41. The lowest BCUT2D eigenvalue weighted by Gasteiger charge is -2.38. The number of fused-ring (bicyclic) bond motifs is 1. The quantitative estimate of drug-likeness (QED) is 0.711. The van der Waals surface area contributed by atoms with E-state index in [1.807, 2.05) is 37.3 Å². The number of amides is 1. The van der Waals surface area contributed by atoms with Gasteiger partial charge in [-0.2, -0.15) is 0 Å². The molecular formula is C23H29NO4. The molecule has 1 aliphatic rings. The molecule has 5 heteroatoms. The van der Waals surface area contributed by atoms with Crippen LogP contribution in [0.1, 0.15) is 50.3 Å². The van der Waals surface area contributed by atoms with Gasteiger partial charge in [0.15, 0.2) is 0 Å². The van der Waals surface area contributed by atoms with E-state index in [4.69, 9.17) is 14.2 Å². The zero-order chi connectivity index (χ0) is 20.1. The molecule has 3 rings (SSSR count). The third kappa shape index (κ3) is 5.18. The van der Waals surface area contributed by atoms with Crippen LogP contribution in [-0.2, 0) is 4.79 Å². The molecule has 1 atom stereocenters. The van der Waals surface area contributed by atoms with Gasteiger partial charge in [-0.1, -0.05) is 12.1 Å². The summed E-state index contributed by atoms with van der Waals surface area (Å²) in [6.07, 6.45) is 1.83. The summed E-state index contributed by atoms with van der Waals surface area (Å²) in [5.41, 5.74) is 1.89. The summed E-state index contributed by atoms with van der Waals surface area (Å²) in [4.78, 5) is 12.5. The molecule has 0 fully saturated rings. The number of carbonyl (C=O) groups is 1. The van der Waals surface area contributed by atoms with Gasteiger partial charge in [-0.15, -0.1) is 0 Å². The maximum atomic E-state index is 12.5. The maximum Gasteiger partial charge on any atom is 0.220 e. The van der Waals surface area contributed by atoms with Gasteiger partial charge in [-0.05, 0) is 63.1 Å². The zero-order valence-corrected chi connectivity index (χ0v) is 17.1. The highest BCUT2D eigenvalue weighted by Gasteiger charge is 2.34. The summed E-state index contributed by atoms with van der Waals surface area (Å²) in [6, 6.07) is 13.6. The molecule has 2 aromatic rings. The molecule has 1 aliphatic heterocycles. The number of carbonyl (C=O) groups excluding carboxylic acids is 1. The highest BCUT2D eigenvalue weighted by atomic mass is 16.5. The summed E-state index contributed by atoms with van der Waals surface area (Å²) in [7, 11) is 1.63. The smallest absolute Gasteiger partial charge is 0.220 e. The minimum atomic E-state index is -0.309. The minimum absolute atomic E-state index is 0.0330. The Bertz CT molecular complexity index is 814. The highest BCUT2D eigenvalue weighted by molar-refractivity contribution is 5.76. The second kappa shape index (κ2) is 8.55. The molecule has 5 nitrogen and oxygen atoms in total. The van der Waals surface area contributed by atoms with Crippen LogP contribution in [0, 0.1) is 6.92 Å². The Kier molecular flexibility index (Phi) is 6.12. The van der Waals surface area contributed by atoms with Crippen LogP contribution in [0.2, 0.25) is 0 Å². The van der Waals surface area contributed by atoms with E-state index in [2.05, 4.69) is 31.3 Å². The van der Waals surface area contributed by atoms with E-state index in [1.54, 1.807) is 7.11 Å². The molecule has 1 amide bonds. The van der Waals surface area contributed by atoms with Crippen molar-refractivity contribution in [3.63, 3.8) is 0 Å². The standard InChI is InChI=1S/C23H29NO4/c1-16-7-12-19-20(15-23(2,3)28-21(19)14-16)24-22(25)6-5-13-27-18-10-8-17(26-4)9-11-18/h7-12,14,20H,5-6,13,15H2,1-4H3,(H,24,25). The summed E-state index contributed by atoms with van der Waals surface area (Å²) in [5.74, 6) is 2.47. The molecule has 1 heterocycles. The Morgan fingerprint density at radius 3 is 2.61 bits per heavy atom. The van der Waals surface area contributed by atoms with E-state index in [0.717, 1.165) is 34.8 Å². The number of aryl methyl sites for hydroxylation is 1. The largest absolute Gasteiger partial charge is 0.497 e. The van der Waals surface area contributed by atoms with Gasteiger partial charge in [-0.3, -0.25) is 4.79 Å². The van der Waals surface area contributed by atoms with Gasteiger partial charge in [-0.25, -0.2) is 0 Å². The van der Waals surface area contributed by atoms with Crippen molar-refractivity contribution < 1.29 is 19.0 Å². The monoisotopic (exact) mass is 383 g/mol. The Labute approximate surface area is 167 Å². The average Bonchev–Trinajstić information content (AvgIpc) is 2.64. The first-order chi connectivity index (χ1) is 13.4. The first-order valence-corrected chi connectivity index (χ1v) is 9.72.